The molecule has 0 bridgehead atoms. The number of nitrogens with zero attached hydrogens (tertiary/aromatic N) is 1. The predicted molar refractivity (Wildman–Crippen MR) is 154 cm³/mol. The van der Waals surface area contributed by atoms with E-state index < -0.39 is 17.9 Å². The van der Waals surface area contributed by atoms with E-state index in [2.05, 4.69) is 34.5 Å². The molecule has 0 aromatic heterocycles. The molecule has 38 heavy (non-hydrogen) atoms. The first kappa shape index (κ1) is 29.3. The van der Waals surface area contributed by atoms with Gasteiger partial charge in [0.05, 0.1) is 22.7 Å². The number of benzene rings is 3. The van der Waals surface area contributed by atoms with Crippen molar-refractivity contribution in [1.29, 1.82) is 0 Å². The molecule has 0 aliphatic carbocycles. The summed E-state index contributed by atoms with van der Waals surface area (Å²) in [5, 5.41) is 3.11. The number of carbonyl (C=O) groups is 2. The number of anilines is 1. The van der Waals surface area contributed by atoms with E-state index in [4.69, 9.17) is 32.7 Å². The van der Waals surface area contributed by atoms with E-state index in [1.165, 1.54) is 12.8 Å². The van der Waals surface area contributed by atoms with Crippen molar-refractivity contribution in [2.75, 3.05) is 25.1 Å². The van der Waals surface area contributed by atoms with E-state index >= 15 is 0 Å². The van der Waals surface area contributed by atoms with E-state index in [-0.39, 0.29) is 28.1 Å². The van der Waals surface area contributed by atoms with Gasteiger partial charge in [0.15, 0.2) is 0 Å². The van der Waals surface area contributed by atoms with Crippen LogP contribution in [0.4, 0.5) is 5.69 Å². The summed E-state index contributed by atoms with van der Waals surface area (Å²) in [5.74, 6) is -0.321. The van der Waals surface area contributed by atoms with Gasteiger partial charge in [0, 0.05) is 38.0 Å². The third kappa shape index (κ3) is 7.89. The van der Waals surface area contributed by atoms with Gasteiger partial charge >= 0.3 is 5.97 Å². The average molecular weight is 558 g/mol. The second-order valence-electron chi connectivity index (χ2n) is 8.63. The minimum atomic E-state index is -0.899. The second kappa shape index (κ2) is 14.6. The number of carbonyl (C=O) groups excluding carboxylic acids is 2. The Hall–Kier alpha value is -3.22. The number of para-hydroxylation sites is 1. The van der Waals surface area contributed by atoms with Crippen molar-refractivity contribution in [3.8, 4) is 5.75 Å². The zero-order valence-electron chi connectivity index (χ0n) is 22.0. The number of piperidine rings is 1. The first-order valence-electron chi connectivity index (χ1n) is 12.8. The standard InChI is InChI=1S/C28H28Cl2N2O4.C2H6/c1-35-28(34)25(31-27(33)26-23(29)8-5-9-24(26)30)18-19-10-12-21(13-11-19)36-22-14-16-32(17-15-22)20-6-3-2-4-7-20;1-2/h2-13,22,25H,14-18H2,1H3,(H,31,33);1-2H3. The predicted octanol–water partition coefficient (Wildman–Crippen LogP) is 6.58. The number of amides is 1. The van der Waals surface area contributed by atoms with Gasteiger partial charge in [-0.15, -0.1) is 0 Å². The highest BCUT2D eigenvalue weighted by atomic mass is 35.5. The monoisotopic (exact) mass is 556 g/mol. The summed E-state index contributed by atoms with van der Waals surface area (Å²) in [6, 6.07) is 21.8. The Morgan fingerprint density at radius 2 is 1.53 bits per heavy atom. The molecule has 0 spiro atoms. The maximum atomic E-state index is 12.8. The smallest absolute Gasteiger partial charge is 0.328 e. The fourth-order valence-electron chi connectivity index (χ4n) is 4.28. The summed E-state index contributed by atoms with van der Waals surface area (Å²) in [6.45, 7) is 5.89. The molecule has 0 saturated carbocycles. The fraction of sp³-hybridized carbons (Fsp3) is 0.333. The summed E-state index contributed by atoms with van der Waals surface area (Å²) >= 11 is 12.3. The molecule has 1 atom stereocenters. The first-order chi connectivity index (χ1) is 18.4. The maximum absolute atomic E-state index is 12.8. The van der Waals surface area contributed by atoms with Crippen LogP contribution in [0, 0.1) is 0 Å². The lowest BCUT2D eigenvalue weighted by atomic mass is 10.0. The largest absolute Gasteiger partial charge is 0.490 e. The lowest BCUT2D eigenvalue weighted by molar-refractivity contribution is -0.142. The zero-order chi connectivity index (χ0) is 27.5. The molecule has 1 heterocycles. The zero-order valence-corrected chi connectivity index (χ0v) is 23.5. The molecular weight excluding hydrogens is 523 g/mol. The van der Waals surface area contributed by atoms with Crippen LogP contribution >= 0.6 is 23.2 Å². The molecular formula is C30H34Cl2N2O4. The molecule has 202 valence electrons. The van der Waals surface area contributed by atoms with Crippen molar-refractivity contribution in [3.63, 3.8) is 0 Å². The highest BCUT2D eigenvalue weighted by Crippen LogP contribution is 2.25. The van der Waals surface area contributed by atoms with Gasteiger partial charge in [-0.2, -0.15) is 0 Å². The topological polar surface area (TPSA) is 67.9 Å². The summed E-state index contributed by atoms with van der Waals surface area (Å²) in [5.41, 5.74) is 2.21. The van der Waals surface area contributed by atoms with Crippen molar-refractivity contribution in [2.24, 2.45) is 0 Å². The molecule has 1 amide bonds. The van der Waals surface area contributed by atoms with Crippen LogP contribution in [-0.2, 0) is 16.0 Å². The molecule has 1 fully saturated rings. The van der Waals surface area contributed by atoms with Crippen molar-refractivity contribution in [3.05, 3.63) is 94.0 Å². The molecule has 8 heteroatoms. The van der Waals surface area contributed by atoms with Crippen molar-refractivity contribution >= 4 is 40.8 Å². The number of nitrogens with one attached hydrogen (secondary N) is 1. The molecule has 3 aromatic carbocycles. The lowest BCUT2D eigenvalue weighted by Crippen LogP contribution is -2.43. The Morgan fingerprint density at radius 3 is 2.11 bits per heavy atom. The van der Waals surface area contributed by atoms with Gasteiger partial charge < -0.3 is 19.7 Å². The number of hydrogen-bond donors (Lipinski definition) is 1. The number of ether oxygens (including phenoxy) is 2. The molecule has 1 aliphatic heterocycles. The normalized spacial score (nSPS) is 14.1. The molecule has 6 nitrogen and oxygen atoms in total. The molecule has 1 saturated heterocycles. The van der Waals surface area contributed by atoms with Gasteiger partial charge in [-0.1, -0.05) is 73.4 Å². The number of methoxy groups -OCH3 is 1. The Morgan fingerprint density at radius 1 is 0.921 bits per heavy atom. The van der Waals surface area contributed by atoms with E-state index in [0.29, 0.717) is 0 Å². The quantitative estimate of drug-likeness (QED) is 0.317. The molecule has 1 aliphatic rings. The lowest BCUT2D eigenvalue weighted by Gasteiger charge is -2.33. The van der Waals surface area contributed by atoms with Crippen LogP contribution in [0.3, 0.4) is 0 Å². The van der Waals surface area contributed by atoms with Crippen LogP contribution in [0.25, 0.3) is 0 Å². The summed E-state index contributed by atoms with van der Waals surface area (Å²) in [6.07, 6.45) is 2.28. The first-order valence-corrected chi connectivity index (χ1v) is 13.6. The van der Waals surface area contributed by atoms with Crippen molar-refractivity contribution < 1.29 is 19.1 Å². The van der Waals surface area contributed by atoms with Crippen LogP contribution in [0.2, 0.25) is 10.0 Å². The Bertz CT molecular complexity index is 1160. The van der Waals surface area contributed by atoms with E-state index in [0.717, 1.165) is 37.2 Å². The number of hydrogen-bond acceptors (Lipinski definition) is 5. The van der Waals surface area contributed by atoms with Crippen molar-refractivity contribution in [1.82, 2.24) is 5.32 Å². The maximum Gasteiger partial charge on any atom is 0.328 e. The van der Waals surface area contributed by atoms with Gasteiger partial charge in [-0.25, -0.2) is 4.79 Å². The van der Waals surface area contributed by atoms with Crippen LogP contribution in [0.1, 0.15) is 42.6 Å². The van der Waals surface area contributed by atoms with Crippen LogP contribution < -0.4 is 15.0 Å². The van der Waals surface area contributed by atoms with E-state index in [1.807, 2.05) is 44.2 Å². The fourth-order valence-corrected chi connectivity index (χ4v) is 4.85. The SMILES string of the molecule is CC.COC(=O)C(Cc1ccc(OC2CCN(c3ccccc3)CC2)cc1)NC(=O)c1c(Cl)cccc1Cl. The Kier molecular flexibility index (Phi) is 11.3. The van der Waals surface area contributed by atoms with Crippen LogP contribution in [-0.4, -0.2) is 44.2 Å². The number of halogens is 2. The highest BCUT2D eigenvalue weighted by Gasteiger charge is 2.25. The third-order valence-electron chi connectivity index (χ3n) is 6.21. The second-order valence-corrected chi connectivity index (χ2v) is 9.45. The third-order valence-corrected chi connectivity index (χ3v) is 6.84. The summed E-state index contributed by atoms with van der Waals surface area (Å²) in [4.78, 5) is 27.5. The van der Waals surface area contributed by atoms with Gasteiger partial charge in [0.1, 0.15) is 17.9 Å². The molecule has 3 aromatic rings. The van der Waals surface area contributed by atoms with Gasteiger partial charge in [-0.05, 0) is 42.0 Å². The van der Waals surface area contributed by atoms with Gasteiger partial charge in [0.25, 0.3) is 5.91 Å². The molecule has 4 rings (SSSR count). The number of rotatable bonds is 8. The molecule has 0 radical (unpaired) electrons. The van der Waals surface area contributed by atoms with Crippen molar-refractivity contribution in [2.45, 2.75) is 45.3 Å². The van der Waals surface area contributed by atoms with Crippen LogP contribution in [0.5, 0.6) is 5.75 Å². The van der Waals surface area contributed by atoms with Crippen LogP contribution in [0.15, 0.2) is 72.8 Å². The van der Waals surface area contributed by atoms with E-state index in [9.17, 15) is 9.59 Å². The Balaban J connectivity index is 0.00000195. The van der Waals surface area contributed by atoms with Gasteiger partial charge in [0.2, 0.25) is 0 Å². The molecule has 1 N–H and O–H groups in total. The number of esters is 1. The van der Waals surface area contributed by atoms with E-state index in [1.54, 1.807) is 18.2 Å². The average Bonchev–Trinajstić information content (AvgIpc) is 2.95. The highest BCUT2D eigenvalue weighted by molar-refractivity contribution is 6.39. The summed E-state index contributed by atoms with van der Waals surface area (Å²) < 4.78 is 11.1. The van der Waals surface area contributed by atoms with Gasteiger partial charge in [-0.3, -0.25) is 4.79 Å². The Labute approximate surface area is 234 Å². The molecule has 1 unspecified atom stereocenters. The minimum absolute atomic E-state index is 0.122. The summed E-state index contributed by atoms with van der Waals surface area (Å²) in [7, 11) is 1.28. The minimum Gasteiger partial charge on any atom is -0.490 e.